The third-order valence-corrected chi connectivity index (χ3v) is 13.6. The Morgan fingerprint density at radius 1 is 0.373 bits per heavy atom. The largest absolute Gasteiger partial charge is 0.355 e. The lowest BCUT2D eigenvalue weighted by molar-refractivity contribution is 1.18. The number of rotatable bonds is 8. The van der Waals surface area contributed by atoms with Crippen LogP contribution in [0.2, 0.25) is 0 Å². The molecule has 1 heterocycles. The van der Waals surface area contributed by atoms with Crippen LogP contribution in [0.5, 0.6) is 0 Å². The maximum Gasteiger partial charge on any atom is 0.0541 e. The van der Waals surface area contributed by atoms with Crippen molar-refractivity contribution < 1.29 is 0 Å². The minimum atomic E-state index is -1.81. The predicted octanol–water partition coefficient (Wildman–Crippen LogP) is 13.5. The van der Waals surface area contributed by atoms with E-state index in [0.717, 1.165) is 28.2 Å². The summed E-state index contributed by atoms with van der Waals surface area (Å²) in [5, 5.41) is 6.41. The lowest BCUT2D eigenvalue weighted by Gasteiger charge is -2.42. The highest BCUT2D eigenvalue weighted by Crippen LogP contribution is 2.73. The monoisotopic (exact) mass is 672 g/mol. The third-order valence-electron chi connectivity index (χ3n) is 9.68. The second kappa shape index (κ2) is 13.2. The molecule has 0 aliphatic carbocycles. The quantitative estimate of drug-likeness (QED) is 0.170. The Labute approximate surface area is 300 Å². The molecule has 2 nitrogen and oxygen atoms in total. The topological polar surface area (TPSA) is 17.0 Å². The van der Waals surface area contributed by atoms with E-state index < -0.39 is 10.0 Å². The Kier molecular flexibility index (Phi) is 7.96. The van der Waals surface area contributed by atoms with Crippen molar-refractivity contribution >= 4 is 43.2 Å². The minimum absolute atomic E-state index is 1.05. The summed E-state index contributed by atoms with van der Waals surface area (Å²) in [4.78, 5) is 5.19. The van der Waals surface area contributed by atoms with Crippen molar-refractivity contribution in [1.29, 1.82) is 0 Å². The molecule has 0 fully saturated rings. The van der Waals surface area contributed by atoms with E-state index >= 15 is 0 Å². The van der Waals surface area contributed by atoms with Crippen LogP contribution in [0.3, 0.4) is 0 Å². The van der Waals surface area contributed by atoms with Crippen molar-refractivity contribution in [3.8, 4) is 16.8 Å². The van der Waals surface area contributed by atoms with Crippen LogP contribution >= 0.6 is 10.0 Å². The molecule has 0 saturated carbocycles. The van der Waals surface area contributed by atoms with Crippen molar-refractivity contribution in [1.82, 2.24) is 4.57 Å². The van der Waals surface area contributed by atoms with E-state index in [2.05, 4.69) is 222 Å². The molecule has 1 N–H and O–H groups in total. The average molecular weight is 673 g/mol. The summed E-state index contributed by atoms with van der Waals surface area (Å²) in [7, 11) is -1.81. The van der Waals surface area contributed by atoms with Gasteiger partial charge in [-0.15, -0.1) is 10.0 Å². The van der Waals surface area contributed by atoms with Crippen molar-refractivity contribution in [2.45, 2.75) is 19.6 Å². The van der Waals surface area contributed by atoms with E-state index in [0.29, 0.717) is 0 Å². The van der Waals surface area contributed by atoms with Gasteiger partial charge in [-0.25, -0.2) is 0 Å². The van der Waals surface area contributed by atoms with Crippen LogP contribution < -0.4 is 5.32 Å². The molecule has 9 rings (SSSR count). The van der Waals surface area contributed by atoms with Crippen molar-refractivity contribution in [3.05, 3.63) is 212 Å². The molecule has 0 atom stereocenters. The van der Waals surface area contributed by atoms with E-state index in [1.807, 2.05) is 0 Å². The molecule has 9 aromatic rings. The first-order valence-electron chi connectivity index (χ1n) is 17.3. The number of nitrogens with zero attached hydrogens (tertiary/aromatic N) is 1. The van der Waals surface area contributed by atoms with Crippen LogP contribution in [0, 0.1) is 0 Å². The van der Waals surface area contributed by atoms with Crippen LogP contribution in [-0.2, 0) is 0 Å². The van der Waals surface area contributed by atoms with Crippen molar-refractivity contribution in [3.63, 3.8) is 0 Å². The third kappa shape index (κ3) is 5.40. The van der Waals surface area contributed by atoms with Crippen LogP contribution in [0.4, 0.5) is 11.4 Å². The van der Waals surface area contributed by atoms with Gasteiger partial charge in [0.15, 0.2) is 0 Å². The summed E-state index contributed by atoms with van der Waals surface area (Å²) >= 11 is 0. The van der Waals surface area contributed by atoms with Gasteiger partial charge in [-0.2, -0.15) is 0 Å². The molecule has 0 unspecified atom stereocenters. The number of benzene rings is 8. The molecule has 51 heavy (non-hydrogen) atoms. The fourth-order valence-corrected chi connectivity index (χ4v) is 11.4. The zero-order valence-corrected chi connectivity index (χ0v) is 28.9. The zero-order valence-electron chi connectivity index (χ0n) is 28.1. The summed E-state index contributed by atoms with van der Waals surface area (Å²) < 4.78 is 2.39. The van der Waals surface area contributed by atoms with Crippen molar-refractivity contribution in [2.24, 2.45) is 0 Å². The van der Waals surface area contributed by atoms with Gasteiger partial charge >= 0.3 is 0 Å². The van der Waals surface area contributed by atoms with Gasteiger partial charge in [0, 0.05) is 53.0 Å². The van der Waals surface area contributed by atoms with Crippen LogP contribution in [0.1, 0.15) is 0 Å². The fraction of sp³-hybridized carbons (Fsp3) is 0. The molecule has 8 aromatic carbocycles. The van der Waals surface area contributed by atoms with Crippen LogP contribution in [-0.4, -0.2) is 4.57 Å². The molecule has 3 heteroatoms. The van der Waals surface area contributed by atoms with E-state index in [1.54, 1.807) is 0 Å². The highest BCUT2D eigenvalue weighted by molar-refractivity contribution is 8.34. The van der Waals surface area contributed by atoms with Gasteiger partial charge < -0.3 is 9.88 Å². The van der Waals surface area contributed by atoms with Gasteiger partial charge in [-0.3, -0.25) is 0 Å². The predicted molar refractivity (Wildman–Crippen MR) is 216 cm³/mol. The van der Waals surface area contributed by atoms with Gasteiger partial charge in [0.25, 0.3) is 0 Å². The molecule has 0 spiro atoms. The average Bonchev–Trinajstić information content (AvgIpc) is 3.55. The molecule has 0 saturated heterocycles. The summed E-state index contributed by atoms with van der Waals surface area (Å²) in [6.45, 7) is 0. The number of anilines is 2. The fourth-order valence-electron chi connectivity index (χ4n) is 7.45. The Hall–Kier alpha value is -6.29. The summed E-state index contributed by atoms with van der Waals surface area (Å²) in [6.07, 6.45) is 0. The number of hydrogen-bond acceptors (Lipinski definition) is 1. The van der Waals surface area contributed by atoms with Crippen LogP contribution in [0.15, 0.2) is 232 Å². The SMILES string of the molecule is c1ccc(-c2cc(-n3c4ccccc4c4ccccc43)ccc2Nc2cccc(S(c3ccccc3)(c3ccccc3)c3ccccc3)c2)cc1. The number of fused-ring (bicyclic) bond motifs is 3. The number of nitrogens with one attached hydrogen (secondary N) is 1. The van der Waals surface area contributed by atoms with E-state index in [-0.39, 0.29) is 0 Å². The van der Waals surface area contributed by atoms with E-state index in [1.165, 1.54) is 41.4 Å². The smallest absolute Gasteiger partial charge is 0.0541 e. The maximum atomic E-state index is 3.89. The van der Waals surface area contributed by atoms with Crippen molar-refractivity contribution in [2.75, 3.05) is 5.32 Å². The Morgan fingerprint density at radius 3 is 1.39 bits per heavy atom. The van der Waals surface area contributed by atoms with Gasteiger partial charge in [0.2, 0.25) is 0 Å². The van der Waals surface area contributed by atoms with Crippen LogP contribution in [0.25, 0.3) is 38.6 Å². The van der Waals surface area contributed by atoms with Gasteiger partial charge in [0.1, 0.15) is 0 Å². The first-order valence-corrected chi connectivity index (χ1v) is 19.0. The molecule has 0 aliphatic heterocycles. The summed E-state index contributed by atoms with van der Waals surface area (Å²) in [5.41, 5.74) is 7.95. The number of hydrogen-bond donors (Lipinski definition) is 1. The molecule has 244 valence electrons. The normalized spacial score (nSPS) is 11.8. The lowest BCUT2D eigenvalue weighted by Crippen LogP contribution is -2.05. The summed E-state index contributed by atoms with van der Waals surface area (Å²) in [5.74, 6) is 0. The molecule has 0 bridgehead atoms. The lowest BCUT2D eigenvalue weighted by atomic mass is 10.0. The standard InChI is InChI=1S/C48H36N2S/c1-5-18-36(19-6-1)45-35-38(50-47-30-15-13-28-43(47)44-29-14-16-31-48(44)50)32-33-46(45)49-37-20-17-27-42(34-37)51(39-21-7-2-8-22-39,40-23-9-3-10-24-40)41-25-11-4-12-26-41/h1-35,49H. The zero-order chi connectivity index (χ0) is 34.0. The number of para-hydroxylation sites is 2. The first kappa shape index (κ1) is 30.7. The molecular weight excluding hydrogens is 637 g/mol. The maximum absolute atomic E-state index is 3.89. The molecule has 0 radical (unpaired) electrons. The first-order chi connectivity index (χ1) is 25.3. The highest BCUT2D eigenvalue weighted by atomic mass is 32.3. The Balaban J connectivity index is 1.21. The Bertz CT molecular complexity index is 2450. The Morgan fingerprint density at radius 2 is 0.843 bits per heavy atom. The minimum Gasteiger partial charge on any atom is -0.355 e. The molecular formula is C48H36N2S. The summed E-state index contributed by atoms with van der Waals surface area (Å²) in [6, 6.07) is 77.0. The molecule has 0 amide bonds. The second-order valence-corrected chi connectivity index (χ2v) is 15.8. The van der Waals surface area contributed by atoms with E-state index in [9.17, 15) is 0 Å². The van der Waals surface area contributed by atoms with Gasteiger partial charge in [-0.05, 0) is 90.5 Å². The van der Waals surface area contributed by atoms with E-state index in [4.69, 9.17) is 0 Å². The number of aromatic nitrogens is 1. The molecule has 1 aromatic heterocycles. The highest BCUT2D eigenvalue weighted by Gasteiger charge is 2.33. The second-order valence-electron chi connectivity index (χ2n) is 12.7. The van der Waals surface area contributed by atoms with Gasteiger partial charge in [0.05, 0.1) is 11.0 Å². The van der Waals surface area contributed by atoms with Gasteiger partial charge in [-0.1, -0.05) is 127 Å². The molecule has 0 aliphatic rings.